The average molecular weight is 305 g/mol. The molecule has 20 heavy (non-hydrogen) atoms. The van der Waals surface area contributed by atoms with E-state index in [4.69, 9.17) is 19.9 Å². The van der Waals surface area contributed by atoms with Crippen LogP contribution in [0.2, 0.25) is 0 Å². The lowest BCUT2D eigenvalue weighted by molar-refractivity contribution is -0.122. The fraction of sp³-hybridized carbons (Fsp3) is 0.462. The van der Waals surface area contributed by atoms with Crippen LogP contribution in [0.25, 0.3) is 0 Å². The predicted molar refractivity (Wildman–Crippen MR) is 78.8 cm³/mol. The summed E-state index contributed by atoms with van der Waals surface area (Å²) >= 11 is 0. The van der Waals surface area contributed by atoms with Gasteiger partial charge < -0.3 is 25.3 Å². The Hall–Kier alpha value is -1.66. The standard InChI is InChI=1S/C13H20N2O4.ClH/c1-8(14)13(16)15-7-9-5-6-10(17-2)12(19-4)11(9)18-3;/h5-6,8H,7,14H2,1-4H3,(H,15,16);1H/t8-;/m0./s1. The third-order valence-corrected chi connectivity index (χ3v) is 2.65. The van der Waals surface area contributed by atoms with Crippen LogP contribution in [0.15, 0.2) is 12.1 Å². The maximum Gasteiger partial charge on any atom is 0.236 e. The Balaban J connectivity index is 0.00000361. The molecule has 1 aromatic rings. The molecule has 0 aliphatic carbocycles. The van der Waals surface area contributed by atoms with Gasteiger partial charge in [-0.25, -0.2) is 0 Å². The molecule has 114 valence electrons. The van der Waals surface area contributed by atoms with E-state index in [1.807, 2.05) is 6.07 Å². The molecule has 3 N–H and O–H groups in total. The second-order valence-electron chi connectivity index (χ2n) is 4.00. The van der Waals surface area contributed by atoms with Crippen LogP contribution in [0.5, 0.6) is 17.2 Å². The van der Waals surface area contributed by atoms with Crippen LogP contribution in [-0.2, 0) is 11.3 Å². The van der Waals surface area contributed by atoms with Gasteiger partial charge in [0, 0.05) is 12.1 Å². The molecule has 6 nitrogen and oxygen atoms in total. The molecule has 0 fully saturated rings. The first-order chi connectivity index (χ1) is 9.04. The molecule has 1 aromatic carbocycles. The molecule has 7 heteroatoms. The number of nitrogens with one attached hydrogen (secondary N) is 1. The van der Waals surface area contributed by atoms with Gasteiger partial charge in [0.05, 0.1) is 27.4 Å². The Bertz CT molecular complexity index is 452. The van der Waals surface area contributed by atoms with Crippen LogP contribution in [0.3, 0.4) is 0 Å². The van der Waals surface area contributed by atoms with Crippen LogP contribution >= 0.6 is 12.4 Å². The lowest BCUT2D eigenvalue weighted by Crippen LogP contribution is -2.37. The van der Waals surface area contributed by atoms with Crippen molar-refractivity contribution in [1.82, 2.24) is 5.32 Å². The van der Waals surface area contributed by atoms with Crippen LogP contribution < -0.4 is 25.3 Å². The Morgan fingerprint density at radius 1 is 1.20 bits per heavy atom. The van der Waals surface area contributed by atoms with Crippen molar-refractivity contribution in [3.63, 3.8) is 0 Å². The highest BCUT2D eigenvalue weighted by molar-refractivity contribution is 5.85. The summed E-state index contributed by atoms with van der Waals surface area (Å²) in [5.41, 5.74) is 6.27. The normalized spacial score (nSPS) is 11.1. The van der Waals surface area contributed by atoms with E-state index >= 15 is 0 Å². The van der Waals surface area contributed by atoms with Gasteiger partial charge in [0.1, 0.15) is 0 Å². The summed E-state index contributed by atoms with van der Waals surface area (Å²) in [5, 5.41) is 2.72. The van der Waals surface area contributed by atoms with E-state index in [2.05, 4.69) is 5.32 Å². The summed E-state index contributed by atoms with van der Waals surface area (Å²) in [4.78, 5) is 11.5. The monoisotopic (exact) mass is 304 g/mol. The van der Waals surface area contributed by atoms with E-state index in [9.17, 15) is 4.79 Å². The summed E-state index contributed by atoms with van der Waals surface area (Å²) < 4.78 is 15.8. The third kappa shape index (κ3) is 4.18. The molecule has 1 amide bonds. The molecule has 0 aliphatic heterocycles. The highest BCUT2D eigenvalue weighted by atomic mass is 35.5. The van der Waals surface area contributed by atoms with Crippen molar-refractivity contribution in [1.29, 1.82) is 0 Å². The number of hydrogen-bond donors (Lipinski definition) is 2. The number of nitrogens with two attached hydrogens (primary N) is 1. The molecule has 0 saturated carbocycles. The fourth-order valence-corrected chi connectivity index (χ4v) is 1.65. The van der Waals surface area contributed by atoms with Crippen molar-refractivity contribution in [2.45, 2.75) is 19.5 Å². The minimum Gasteiger partial charge on any atom is -0.493 e. The average Bonchev–Trinajstić information content (AvgIpc) is 2.42. The Morgan fingerprint density at radius 3 is 2.25 bits per heavy atom. The smallest absolute Gasteiger partial charge is 0.236 e. The van der Waals surface area contributed by atoms with Gasteiger partial charge in [-0.2, -0.15) is 0 Å². The molecule has 0 saturated heterocycles. The van der Waals surface area contributed by atoms with Crippen LogP contribution in [0, 0.1) is 0 Å². The quantitative estimate of drug-likeness (QED) is 0.822. The Labute approximate surface area is 125 Å². The molecule has 0 aliphatic rings. The number of methoxy groups -OCH3 is 3. The molecule has 1 rings (SSSR count). The molecule has 0 aromatic heterocycles. The number of carbonyl (C=O) groups excluding carboxylic acids is 1. The van der Waals surface area contributed by atoms with Gasteiger partial charge in [-0.1, -0.05) is 0 Å². The summed E-state index contributed by atoms with van der Waals surface area (Å²) in [7, 11) is 4.62. The Morgan fingerprint density at radius 2 is 1.80 bits per heavy atom. The summed E-state index contributed by atoms with van der Waals surface area (Å²) in [6.07, 6.45) is 0. The van der Waals surface area contributed by atoms with Crippen LogP contribution in [0.4, 0.5) is 0 Å². The largest absolute Gasteiger partial charge is 0.493 e. The number of carbonyl (C=O) groups is 1. The van der Waals surface area contributed by atoms with Crippen molar-refractivity contribution in [2.24, 2.45) is 5.73 Å². The molecule has 0 bridgehead atoms. The SMILES string of the molecule is COc1ccc(CNC(=O)[C@H](C)N)c(OC)c1OC.Cl. The number of rotatable bonds is 6. The van der Waals surface area contributed by atoms with E-state index in [-0.39, 0.29) is 18.3 Å². The first-order valence-corrected chi connectivity index (χ1v) is 5.86. The first-order valence-electron chi connectivity index (χ1n) is 5.86. The van der Waals surface area contributed by atoms with Crippen molar-refractivity contribution in [3.8, 4) is 17.2 Å². The van der Waals surface area contributed by atoms with Crippen molar-refractivity contribution >= 4 is 18.3 Å². The topological polar surface area (TPSA) is 82.8 Å². The summed E-state index contributed by atoms with van der Waals surface area (Å²) in [5.74, 6) is 1.38. The number of halogens is 1. The number of benzene rings is 1. The second kappa shape index (κ2) is 8.50. The van der Waals surface area contributed by atoms with Crippen LogP contribution in [-0.4, -0.2) is 33.3 Å². The Kier molecular flexibility index (Phi) is 7.79. The van der Waals surface area contributed by atoms with Crippen molar-refractivity contribution in [3.05, 3.63) is 17.7 Å². The molecule has 0 unspecified atom stereocenters. The zero-order chi connectivity index (χ0) is 14.4. The predicted octanol–water partition coefficient (Wildman–Crippen LogP) is 1.10. The molecule has 0 spiro atoms. The minimum atomic E-state index is -0.550. The van der Waals surface area contributed by atoms with Gasteiger partial charge in [0.25, 0.3) is 0 Å². The van der Waals surface area contributed by atoms with Gasteiger partial charge >= 0.3 is 0 Å². The first kappa shape index (κ1) is 18.3. The maximum atomic E-state index is 11.5. The zero-order valence-corrected chi connectivity index (χ0v) is 12.9. The third-order valence-electron chi connectivity index (χ3n) is 2.65. The van der Waals surface area contributed by atoms with Gasteiger partial charge in [0.15, 0.2) is 11.5 Å². The second-order valence-corrected chi connectivity index (χ2v) is 4.00. The molecular weight excluding hydrogens is 284 g/mol. The molecule has 0 heterocycles. The maximum absolute atomic E-state index is 11.5. The van der Waals surface area contributed by atoms with Gasteiger partial charge in [-0.15, -0.1) is 12.4 Å². The summed E-state index contributed by atoms with van der Waals surface area (Å²) in [6, 6.07) is 3.02. The van der Waals surface area contributed by atoms with E-state index in [1.54, 1.807) is 20.1 Å². The van der Waals surface area contributed by atoms with Crippen LogP contribution in [0.1, 0.15) is 12.5 Å². The van der Waals surface area contributed by atoms with Gasteiger partial charge in [0.2, 0.25) is 11.7 Å². The molecular formula is C13H21ClN2O4. The number of ether oxygens (including phenoxy) is 3. The van der Waals surface area contributed by atoms with E-state index in [1.165, 1.54) is 14.2 Å². The number of amides is 1. The van der Waals surface area contributed by atoms with E-state index < -0.39 is 6.04 Å². The molecule has 1 atom stereocenters. The highest BCUT2D eigenvalue weighted by Gasteiger charge is 2.16. The van der Waals surface area contributed by atoms with Crippen molar-refractivity contribution < 1.29 is 19.0 Å². The van der Waals surface area contributed by atoms with E-state index in [0.717, 1.165) is 5.56 Å². The van der Waals surface area contributed by atoms with Gasteiger partial charge in [-0.05, 0) is 19.1 Å². The summed E-state index contributed by atoms with van der Waals surface area (Å²) in [6.45, 7) is 1.94. The lowest BCUT2D eigenvalue weighted by Gasteiger charge is -2.16. The lowest BCUT2D eigenvalue weighted by atomic mass is 10.1. The molecule has 0 radical (unpaired) electrons. The van der Waals surface area contributed by atoms with E-state index in [0.29, 0.717) is 23.8 Å². The van der Waals surface area contributed by atoms with Crippen molar-refractivity contribution in [2.75, 3.05) is 21.3 Å². The highest BCUT2D eigenvalue weighted by Crippen LogP contribution is 2.39. The number of hydrogen-bond acceptors (Lipinski definition) is 5. The zero-order valence-electron chi connectivity index (χ0n) is 12.1. The fourth-order valence-electron chi connectivity index (χ4n) is 1.65. The minimum absolute atomic E-state index is 0. The van der Waals surface area contributed by atoms with Gasteiger partial charge in [-0.3, -0.25) is 4.79 Å².